The van der Waals surface area contributed by atoms with E-state index < -0.39 is 11.5 Å². The number of tetrazole rings is 1. The van der Waals surface area contributed by atoms with Crippen LogP contribution in [0.5, 0.6) is 5.75 Å². The van der Waals surface area contributed by atoms with E-state index in [1.54, 1.807) is 26.0 Å². The molecular formula is C13H15BrN4O3. The summed E-state index contributed by atoms with van der Waals surface area (Å²) in [4.78, 5) is 11.6. The fraction of sp³-hybridized carbons (Fsp3) is 0.385. The maximum absolute atomic E-state index is 11.6. The molecule has 21 heavy (non-hydrogen) atoms. The van der Waals surface area contributed by atoms with E-state index >= 15 is 0 Å². The van der Waals surface area contributed by atoms with Gasteiger partial charge in [0.2, 0.25) is 0 Å². The third-order valence-corrected chi connectivity index (χ3v) is 3.98. The Morgan fingerprint density at radius 2 is 2.24 bits per heavy atom. The van der Waals surface area contributed by atoms with E-state index in [-0.39, 0.29) is 0 Å². The van der Waals surface area contributed by atoms with Crippen LogP contribution in [0.2, 0.25) is 0 Å². The molecule has 0 aliphatic rings. The molecule has 0 spiro atoms. The topological polar surface area (TPSA) is 90.1 Å². The number of carboxylic acid groups (broad SMARTS) is 1. The first kappa shape index (κ1) is 15.4. The Kier molecular flexibility index (Phi) is 4.26. The summed E-state index contributed by atoms with van der Waals surface area (Å²) in [5.74, 6) is -0.0787. The summed E-state index contributed by atoms with van der Waals surface area (Å²) < 4.78 is 7.49. The Morgan fingerprint density at radius 3 is 2.81 bits per heavy atom. The summed E-state index contributed by atoms with van der Waals surface area (Å²) in [7, 11) is 1.54. The average molecular weight is 355 g/mol. The van der Waals surface area contributed by atoms with Gasteiger partial charge in [0.1, 0.15) is 5.75 Å². The van der Waals surface area contributed by atoms with Crippen molar-refractivity contribution in [2.24, 2.45) is 0 Å². The van der Waals surface area contributed by atoms with Crippen molar-refractivity contribution in [3.8, 4) is 17.1 Å². The number of carbonyl (C=O) groups is 1. The van der Waals surface area contributed by atoms with Gasteiger partial charge in [0.15, 0.2) is 11.4 Å². The normalized spacial score (nSPS) is 13.7. The molecule has 0 fully saturated rings. The van der Waals surface area contributed by atoms with Gasteiger partial charge >= 0.3 is 5.97 Å². The van der Waals surface area contributed by atoms with E-state index in [1.165, 1.54) is 11.8 Å². The zero-order valence-electron chi connectivity index (χ0n) is 11.9. The number of carboxylic acids is 1. The highest BCUT2D eigenvalue weighted by molar-refractivity contribution is 9.10. The van der Waals surface area contributed by atoms with Crippen molar-refractivity contribution in [2.75, 3.05) is 7.11 Å². The van der Waals surface area contributed by atoms with Crippen molar-refractivity contribution in [1.29, 1.82) is 0 Å². The van der Waals surface area contributed by atoms with Crippen LogP contribution < -0.4 is 4.74 Å². The first-order valence-electron chi connectivity index (χ1n) is 6.30. The molecule has 1 heterocycles. The van der Waals surface area contributed by atoms with E-state index in [2.05, 4.69) is 31.5 Å². The fourth-order valence-electron chi connectivity index (χ4n) is 1.93. The van der Waals surface area contributed by atoms with Gasteiger partial charge in [-0.2, -0.15) is 0 Å². The lowest BCUT2D eigenvalue weighted by Gasteiger charge is -2.24. The van der Waals surface area contributed by atoms with Crippen molar-refractivity contribution >= 4 is 21.9 Å². The van der Waals surface area contributed by atoms with Crippen LogP contribution in [-0.4, -0.2) is 38.4 Å². The third-order valence-electron chi connectivity index (χ3n) is 3.49. The molecule has 0 aliphatic carbocycles. The maximum Gasteiger partial charge on any atom is 0.331 e. The van der Waals surface area contributed by atoms with Gasteiger partial charge in [-0.25, -0.2) is 9.48 Å². The lowest BCUT2D eigenvalue weighted by atomic mass is 9.99. The minimum atomic E-state index is -1.23. The van der Waals surface area contributed by atoms with E-state index in [0.29, 0.717) is 23.6 Å². The van der Waals surface area contributed by atoms with Crippen LogP contribution in [-0.2, 0) is 10.3 Å². The molecule has 0 saturated heterocycles. The quantitative estimate of drug-likeness (QED) is 0.885. The molecule has 2 aromatic rings. The Labute approximate surface area is 130 Å². The number of hydrogen-bond donors (Lipinski definition) is 1. The number of benzene rings is 1. The van der Waals surface area contributed by atoms with Gasteiger partial charge < -0.3 is 9.84 Å². The molecule has 1 atom stereocenters. The molecule has 1 N–H and O–H groups in total. The Morgan fingerprint density at radius 1 is 1.52 bits per heavy atom. The molecule has 1 unspecified atom stereocenters. The highest BCUT2D eigenvalue weighted by atomic mass is 79.9. The van der Waals surface area contributed by atoms with Crippen molar-refractivity contribution in [3.05, 3.63) is 22.7 Å². The van der Waals surface area contributed by atoms with Gasteiger partial charge in [0, 0.05) is 4.47 Å². The van der Waals surface area contributed by atoms with Gasteiger partial charge in [-0.05, 0) is 42.0 Å². The first-order chi connectivity index (χ1) is 9.93. The summed E-state index contributed by atoms with van der Waals surface area (Å²) in [6.45, 7) is 3.36. The third kappa shape index (κ3) is 2.63. The van der Waals surface area contributed by atoms with E-state index in [1.807, 2.05) is 6.07 Å². The van der Waals surface area contributed by atoms with Crippen LogP contribution in [0.4, 0.5) is 0 Å². The second-order valence-electron chi connectivity index (χ2n) is 4.69. The molecule has 7 nitrogen and oxygen atoms in total. The minimum absolute atomic E-state index is 0.346. The first-order valence-corrected chi connectivity index (χ1v) is 7.09. The monoisotopic (exact) mass is 354 g/mol. The Hall–Kier alpha value is -1.96. The van der Waals surface area contributed by atoms with Crippen LogP contribution in [0.1, 0.15) is 20.3 Å². The summed E-state index contributed by atoms with van der Waals surface area (Å²) in [6, 6.07) is 5.38. The number of halogens is 1. The standard InChI is InChI=1S/C13H15BrN4O3/c1-4-13(2,12(19)20)18-11(15-16-17-18)9-6-5-8(14)7-10(9)21-3/h5-7H,4H2,1-3H3,(H,19,20). The second-order valence-corrected chi connectivity index (χ2v) is 5.61. The van der Waals surface area contributed by atoms with Gasteiger partial charge in [-0.3, -0.25) is 0 Å². The van der Waals surface area contributed by atoms with Gasteiger partial charge in [0.25, 0.3) is 0 Å². The minimum Gasteiger partial charge on any atom is -0.496 e. The van der Waals surface area contributed by atoms with Crippen molar-refractivity contribution in [1.82, 2.24) is 20.2 Å². The molecule has 1 aromatic carbocycles. The summed E-state index contributed by atoms with van der Waals surface area (Å²) in [5, 5.41) is 20.9. The zero-order chi connectivity index (χ0) is 15.6. The lowest BCUT2D eigenvalue weighted by Crippen LogP contribution is -2.39. The van der Waals surface area contributed by atoms with E-state index in [0.717, 1.165) is 4.47 Å². The summed E-state index contributed by atoms with van der Waals surface area (Å²) in [5.41, 5.74) is -0.594. The van der Waals surface area contributed by atoms with Crippen molar-refractivity contribution < 1.29 is 14.6 Å². The molecular weight excluding hydrogens is 340 g/mol. The summed E-state index contributed by atoms with van der Waals surface area (Å²) >= 11 is 3.36. The molecule has 2 rings (SSSR count). The largest absolute Gasteiger partial charge is 0.496 e. The average Bonchev–Trinajstić information content (AvgIpc) is 2.95. The van der Waals surface area contributed by atoms with Crippen molar-refractivity contribution in [3.63, 3.8) is 0 Å². The van der Waals surface area contributed by atoms with Crippen LogP contribution in [0, 0.1) is 0 Å². The highest BCUT2D eigenvalue weighted by Crippen LogP contribution is 2.33. The van der Waals surface area contributed by atoms with Crippen LogP contribution in [0.15, 0.2) is 22.7 Å². The number of rotatable bonds is 5. The van der Waals surface area contributed by atoms with Crippen LogP contribution in [0.25, 0.3) is 11.4 Å². The molecule has 0 saturated carbocycles. The number of aromatic nitrogens is 4. The fourth-order valence-corrected chi connectivity index (χ4v) is 2.27. The predicted molar refractivity (Wildman–Crippen MR) is 79.1 cm³/mol. The number of aliphatic carboxylic acids is 1. The van der Waals surface area contributed by atoms with E-state index in [4.69, 9.17) is 4.74 Å². The Bertz CT molecular complexity index is 673. The van der Waals surface area contributed by atoms with Gasteiger partial charge in [-0.1, -0.05) is 22.9 Å². The molecule has 0 radical (unpaired) electrons. The highest BCUT2D eigenvalue weighted by Gasteiger charge is 2.37. The molecule has 112 valence electrons. The Balaban J connectivity index is 2.63. The lowest BCUT2D eigenvalue weighted by molar-refractivity contribution is -0.147. The molecule has 0 amide bonds. The van der Waals surface area contributed by atoms with Crippen molar-refractivity contribution in [2.45, 2.75) is 25.8 Å². The van der Waals surface area contributed by atoms with Crippen LogP contribution >= 0.6 is 15.9 Å². The predicted octanol–water partition coefficient (Wildman–Crippen LogP) is 2.32. The maximum atomic E-state index is 11.6. The number of ether oxygens (including phenoxy) is 1. The molecule has 0 bridgehead atoms. The number of methoxy groups -OCH3 is 1. The number of hydrogen-bond acceptors (Lipinski definition) is 5. The molecule has 1 aromatic heterocycles. The van der Waals surface area contributed by atoms with Gasteiger partial charge in [0.05, 0.1) is 12.7 Å². The van der Waals surface area contributed by atoms with Gasteiger partial charge in [-0.15, -0.1) is 5.10 Å². The molecule has 0 aliphatic heterocycles. The molecule has 8 heteroatoms. The smallest absolute Gasteiger partial charge is 0.331 e. The SMILES string of the molecule is CCC(C)(C(=O)O)n1nnnc1-c1ccc(Br)cc1OC. The second kappa shape index (κ2) is 5.80. The zero-order valence-corrected chi connectivity index (χ0v) is 13.5. The summed E-state index contributed by atoms with van der Waals surface area (Å²) in [6.07, 6.45) is 0.346. The van der Waals surface area contributed by atoms with Crippen LogP contribution in [0.3, 0.4) is 0 Å². The van der Waals surface area contributed by atoms with E-state index in [9.17, 15) is 9.90 Å². The number of nitrogens with zero attached hydrogens (tertiary/aromatic N) is 4.